The average Bonchev–Trinajstić information content (AvgIpc) is 2.40. The minimum atomic E-state index is -0.821. The number of benzene rings is 1. The van der Waals surface area contributed by atoms with Crippen molar-refractivity contribution >= 4 is 6.09 Å². The van der Waals surface area contributed by atoms with Gasteiger partial charge in [0.25, 0.3) is 0 Å². The van der Waals surface area contributed by atoms with E-state index in [2.05, 4.69) is 18.2 Å². The van der Waals surface area contributed by atoms with E-state index < -0.39 is 6.09 Å². The molecular formula is C14H16N2O2. The van der Waals surface area contributed by atoms with Crippen molar-refractivity contribution in [2.24, 2.45) is 0 Å². The molecular weight excluding hydrogens is 228 g/mol. The number of amides is 1. The van der Waals surface area contributed by atoms with Crippen molar-refractivity contribution in [2.45, 2.75) is 25.2 Å². The lowest BCUT2D eigenvalue weighted by Gasteiger charge is -2.30. The molecule has 18 heavy (non-hydrogen) atoms. The third-order valence-electron chi connectivity index (χ3n) is 3.50. The lowest BCUT2D eigenvalue weighted by molar-refractivity contribution is 0.132. The van der Waals surface area contributed by atoms with Gasteiger partial charge in [0, 0.05) is 13.1 Å². The molecule has 2 rings (SSSR count). The van der Waals surface area contributed by atoms with E-state index in [0.29, 0.717) is 25.4 Å². The fourth-order valence-corrected chi connectivity index (χ4v) is 2.40. The molecule has 1 amide bonds. The van der Waals surface area contributed by atoms with Crippen LogP contribution >= 0.6 is 0 Å². The first-order chi connectivity index (χ1) is 8.70. The van der Waals surface area contributed by atoms with Gasteiger partial charge in [-0.3, -0.25) is 0 Å². The number of hydrogen-bond acceptors (Lipinski definition) is 2. The molecule has 94 valence electrons. The molecule has 0 unspecified atom stereocenters. The zero-order valence-electron chi connectivity index (χ0n) is 10.2. The monoisotopic (exact) mass is 244 g/mol. The largest absolute Gasteiger partial charge is 0.465 e. The number of nitrogens with zero attached hydrogens (tertiary/aromatic N) is 2. The normalized spacial score (nSPS) is 16.3. The number of likely N-dealkylation sites (tertiary alicyclic amines) is 1. The summed E-state index contributed by atoms with van der Waals surface area (Å²) < 4.78 is 0. The van der Waals surface area contributed by atoms with Crippen LogP contribution in [0.5, 0.6) is 0 Å². The van der Waals surface area contributed by atoms with E-state index >= 15 is 0 Å². The number of rotatable bonds is 2. The van der Waals surface area contributed by atoms with E-state index in [0.717, 1.165) is 18.4 Å². The maximum Gasteiger partial charge on any atom is 0.407 e. The van der Waals surface area contributed by atoms with Gasteiger partial charge < -0.3 is 10.0 Å². The van der Waals surface area contributed by atoms with Gasteiger partial charge in [-0.05, 0) is 29.9 Å². The summed E-state index contributed by atoms with van der Waals surface area (Å²) in [5, 5.41) is 17.5. The number of piperidine rings is 1. The van der Waals surface area contributed by atoms with Crippen molar-refractivity contribution in [3.63, 3.8) is 0 Å². The number of nitriles is 1. The van der Waals surface area contributed by atoms with Crippen LogP contribution in [0.2, 0.25) is 0 Å². The summed E-state index contributed by atoms with van der Waals surface area (Å²) >= 11 is 0. The highest BCUT2D eigenvalue weighted by Crippen LogP contribution is 2.28. The second kappa shape index (κ2) is 5.54. The second-order valence-electron chi connectivity index (χ2n) is 4.62. The molecule has 0 bridgehead atoms. The van der Waals surface area contributed by atoms with Gasteiger partial charge in [0.15, 0.2) is 0 Å². The Kier molecular flexibility index (Phi) is 3.83. The van der Waals surface area contributed by atoms with Crippen LogP contribution in [0.15, 0.2) is 24.3 Å². The standard InChI is InChI=1S/C14H16N2O2/c15-8-5-11-1-3-12(4-2-11)13-6-9-16(10-7-13)14(17)18/h1-4,13H,5-7,9-10H2,(H,17,18). The van der Waals surface area contributed by atoms with Crippen LogP contribution in [-0.2, 0) is 6.42 Å². The van der Waals surface area contributed by atoms with Crippen LogP contribution < -0.4 is 0 Å². The summed E-state index contributed by atoms with van der Waals surface area (Å²) in [7, 11) is 0. The molecule has 0 saturated carbocycles. The number of carbonyl (C=O) groups is 1. The fraction of sp³-hybridized carbons (Fsp3) is 0.429. The summed E-state index contributed by atoms with van der Waals surface area (Å²) in [6, 6.07) is 10.2. The van der Waals surface area contributed by atoms with Gasteiger partial charge >= 0.3 is 6.09 Å². The molecule has 1 aliphatic rings. The molecule has 0 aliphatic carbocycles. The van der Waals surface area contributed by atoms with Crippen LogP contribution in [0.1, 0.15) is 29.9 Å². The van der Waals surface area contributed by atoms with Crippen molar-refractivity contribution in [1.82, 2.24) is 4.90 Å². The summed E-state index contributed by atoms with van der Waals surface area (Å²) in [5.41, 5.74) is 2.28. The van der Waals surface area contributed by atoms with Gasteiger partial charge in [-0.1, -0.05) is 24.3 Å². The lowest BCUT2D eigenvalue weighted by Crippen LogP contribution is -2.36. The molecule has 1 heterocycles. The highest BCUT2D eigenvalue weighted by molar-refractivity contribution is 5.65. The minimum Gasteiger partial charge on any atom is -0.465 e. The van der Waals surface area contributed by atoms with Crippen LogP contribution in [0, 0.1) is 11.3 Å². The fourth-order valence-electron chi connectivity index (χ4n) is 2.40. The van der Waals surface area contributed by atoms with Crippen molar-refractivity contribution in [2.75, 3.05) is 13.1 Å². The van der Waals surface area contributed by atoms with Crippen LogP contribution in [0.3, 0.4) is 0 Å². The summed E-state index contributed by atoms with van der Waals surface area (Å²) in [6.45, 7) is 1.22. The molecule has 0 spiro atoms. The minimum absolute atomic E-state index is 0.441. The Balaban J connectivity index is 1.97. The summed E-state index contributed by atoms with van der Waals surface area (Å²) in [6.07, 6.45) is 1.38. The third-order valence-corrected chi connectivity index (χ3v) is 3.50. The van der Waals surface area contributed by atoms with E-state index in [4.69, 9.17) is 10.4 Å². The lowest BCUT2D eigenvalue weighted by atomic mass is 9.89. The van der Waals surface area contributed by atoms with Crippen molar-refractivity contribution in [3.05, 3.63) is 35.4 Å². The van der Waals surface area contributed by atoms with Gasteiger partial charge in [-0.25, -0.2) is 4.79 Å². The Morgan fingerprint density at radius 3 is 2.44 bits per heavy atom. The third kappa shape index (κ3) is 2.80. The smallest absolute Gasteiger partial charge is 0.407 e. The van der Waals surface area contributed by atoms with Crippen LogP contribution in [0.25, 0.3) is 0 Å². The SMILES string of the molecule is N#CCc1ccc(C2CCN(C(=O)O)CC2)cc1. The Morgan fingerprint density at radius 2 is 1.94 bits per heavy atom. The molecule has 1 fully saturated rings. The highest BCUT2D eigenvalue weighted by Gasteiger charge is 2.23. The maximum absolute atomic E-state index is 10.8. The Labute approximate surface area is 106 Å². The summed E-state index contributed by atoms with van der Waals surface area (Å²) in [4.78, 5) is 12.3. The first-order valence-corrected chi connectivity index (χ1v) is 6.14. The molecule has 0 aromatic heterocycles. The molecule has 1 aliphatic heterocycles. The van der Waals surface area contributed by atoms with Gasteiger partial charge in [0.2, 0.25) is 0 Å². The number of carboxylic acid groups (broad SMARTS) is 1. The topological polar surface area (TPSA) is 64.3 Å². The van der Waals surface area contributed by atoms with Crippen molar-refractivity contribution in [1.29, 1.82) is 5.26 Å². The Morgan fingerprint density at radius 1 is 1.33 bits per heavy atom. The highest BCUT2D eigenvalue weighted by atomic mass is 16.4. The van der Waals surface area contributed by atoms with E-state index in [9.17, 15) is 4.79 Å². The summed E-state index contributed by atoms with van der Waals surface area (Å²) in [5.74, 6) is 0.441. The van der Waals surface area contributed by atoms with E-state index in [1.165, 1.54) is 10.5 Å². The zero-order valence-corrected chi connectivity index (χ0v) is 10.2. The predicted octanol–water partition coefficient (Wildman–Crippen LogP) is 2.61. The first kappa shape index (κ1) is 12.4. The molecule has 4 heteroatoms. The van der Waals surface area contributed by atoms with Gasteiger partial charge in [-0.2, -0.15) is 5.26 Å². The molecule has 1 aromatic rings. The zero-order chi connectivity index (χ0) is 13.0. The first-order valence-electron chi connectivity index (χ1n) is 6.14. The molecule has 0 radical (unpaired) electrons. The van der Waals surface area contributed by atoms with Gasteiger partial charge in [-0.15, -0.1) is 0 Å². The quantitative estimate of drug-likeness (QED) is 0.869. The molecule has 1 saturated heterocycles. The Hall–Kier alpha value is -2.02. The average molecular weight is 244 g/mol. The molecule has 0 atom stereocenters. The molecule has 1 aromatic carbocycles. The van der Waals surface area contributed by atoms with Crippen molar-refractivity contribution < 1.29 is 9.90 Å². The van der Waals surface area contributed by atoms with E-state index in [1.807, 2.05) is 12.1 Å². The predicted molar refractivity (Wildman–Crippen MR) is 67.3 cm³/mol. The van der Waals surface area contributed by atoms with Crippen LogP contribution in [-0.4, -0.2) is 29.2 Å². The maximum atomic E-state index is 10.8. The Bertz CT molecular complexity index is 454. The van der Waals surface area contributed by atoms with E-state index in [-0.39, 0.29) is 0 Å². The number of hydrogen-bond donors (Lipinski definition) is 1. The van der Waals surface area contributed by atoms with Crippen LogP contribution in [0.4, 0.5) is 4.79 Å². The van der Waals surface area contributed by atoms with Crippen molar-refractivity contribution in [3.8, 4) is 6.07 Å². The van der Waals surface area contributed by atoms with Gasteiger partial charge in [0.05, 0.1) is 12.5 Å². The van der Waals surface area contributed by atoms with E-state index in [1.54, 1.807) is 0 Å². The van der Waals surface area contributed by atoms with Gasteiger partial charge in [0.1, 0.15) is 0 Å². The second-order valence-corrected chi connectivity index (χ2v) is 4.62. The molecule has 4 nitrogen and oxygen atoms in total. The molecule has 1 N–H and O–H groups in total.